The van der Waals surface area contributed by atoms with Crippen LogP contribution in [0.5, 0.6) is 0 Å². The predicted octanol–water partition coefficient (Wildman–Crippen LogP) is 4.41. The van der Waals surface area contributed by atoms with Crippen LogP contribution in [-0.4, -0.2) is 24.9 Å². The molecule has 3 aromatic carbocycles. The quantitative estimate of drug-likeness (QED) is 0.662. The number of carbonyl (C=O) groups excluding carboxylic acids is 1. The summed E-state index contributed by atoms with van der Waals surface area (Å²) in [5, 5.41) is 2.95. The molecule has 3 rings (SSSR count). The monoisotopic (exact) mass is 376 g/mol. The lowest BCUT2D eigenvalue weighted by atomic mass is 9.98. The molecular formula is C24H25FN2O. The molecule has 0 fully saturated rings. The van der Waals surface area contributed by atoms with E-state index < -0.39 is 0 Å². The molecule has 0 saturated heterocycles. The van der Waals surface area contributed by atoms with E-state index >= 15 is 0 Å². The summed E-state index contributed by atoms with van der Waals surface area (Å²) in [4.78, 5) is 14.4. The van der Waals surface area contributed by atoms with E-state index in [0.717, 1.165) is 23.2 Å². The van der Waals surface area contributed by atoms with Gasteiger partial charge >= 0.3 is 0 Å². The predicted molar refractivity (Wildman–Crippen MR) is 111 cm³/mol. The van der Waals surface area contributed by atoms with Crippen LogP contribution in [-0.2, 0) is 24.3 Å². The van der Waals surface area contributed by atoms with Gasteiger partial charge in [-0.1, -0.05) is 60.7 Å². The molecular weight excluding hydrogens is 351 g/mol. The maximum Gasteiger partial charge on any atom is 0.224 e. The van der Waals surface area contributed by atoms with Crippen LogP contribution < -0.4 is 5.32 Å². The van der Waals surface area contributed by atoms with Crippen molar-refractivity contribution in [1.29, 1.82) is 0 Å². The summed E-state index contributed by atoms with van der Waals surface area (Å²) >= 11 is 0. The molecule has 0 spiro atoms. The molecule has 1 amide bonds. The SMILES string of the molecule is CN(C)Cc1ccc(-c2ccccc2CNC(=O)Cc2cccc(F)c2)cc1. The summed E-state index contributed by atoms with van der Waals surface area (Å²) in [6.07, 6.45) is 0.166. The van der Waals surface area contributed by atoms with Gasteiger partial charge in [-0.25, -0.2) is 4.39 Å². The second-order valence-electron chi connectivity index (χ2n) is 7.18. The van der Waals surface area contributed by atoms with Crippen LogP contribution in [0.1, 0.15) is 16.7 Å². The minimum absolute atomic E-state index is 0.123. The molecule has 0 aromatic heterocycles. The molecule has 0 aliphatic heterocycles. The van der Waals surface area contributed by atoms with Crippen LogP contribution >= 0.6 is 0 Å². The van der Waals surface area contributed by atoms with Gasteiger partial charge in [-0.05, 0) is 54.0 Å². The second-order valence-corrected chi connectivity index (χ2v) is 7.18. The standard InChI is InChI=1S/C24H25FN2O/c1-27(2)17-18-10-12-20(13-11-18)23-9-4-3-7-21(23)16-26-24(28)15-19-6-5-8-22(25)14-19/h3-14H,15-17H2,1-2H3,(H,26,28). The summed E-state index contributed by atoms with van der Waals surface area (Å²) in [6, 6.07) is 22.7. The third kappa shape index (κ3) is 5.51. The van der Waals surface area contributed by atoms with Crippen molar-refractivity contribution in [3.63, 3.8) is 0 Å². The van der Waals surface area contributed by atoms with Crippen molar-refractivity contribution in [1.82, 2.24) is 10.2 Å². The number of halogens is 1. The van der Waals surface area contributed by atoms with Crippen LogP contribution in [0.25, 0.3) is 11.1 Å². The van der Waals surface area contributed by atoms with Crippen LogP contribution in [0.4, 0.5) is 4.39 Å². The molecule has 3 aromatic rings. The Labute approximate surface area is 165 Å². The Morgan fingerprint density at radius 2 is 1.68 bits per heavy atom. The molecule has 4 heteroatoms. The van der Waals surface area contributed by atoms with Crippen LogP contribution in [0.2, 0.25) is 0 Å². The first-order valence-electron chi connectivity index (χ1n) is 9.34. The van der Waals surface area contributed by atoms with Crippen LogP contribution in [0, 0.1) is 5.82 Å². The Morgan fingerprint density at radius 3 is 2.39 bits per heavy atom. The number of hydrogen-bond donors (Lipinski definition) is 1. The van der Waals surface area contributed by atoms with E-state index in [-0.39, 0.29) is 18.1 Å². The molecule has 0 saturated carbocycles. The fraction of sp³-hybridized carbons (Fsp3) is 0.208. The first kappa shape index (κ1) is 19.8. The lowest BCUT2D eigenvalue weighted by Crippen LogP contribution is -2.24. The van der Waals surface area contributed by atoms with Gasteiger partial charge in [0.1, 0.15) is 5.82 Å². The number of amides is 1. The lowest BCUT2D eigenvalue weighted by molar-refractivity contribution is -0.120. The van der Waals surface area contributed by atoms with Gasteiger partial charge in [0.05, 0.1) is 6.42 Å². The first-order chi connectivity index (χ1) is 13.5. The van der Waals surface area contributed by atoms with Gasteiger partial charge in [0, 0.05) is 13.1 Å². The number of nitrogens with zero attached hydrogens (tertiary/aromatic N) is 1. The van der Waals surface area contributed by atoms with Crippen molar-refractivity contribution in [3.05, 3.63) is 95.3 Å². The zero-order valence-corrected chi connectivity index (χ0v) is 16.3. The fourth-order valence-electron chi connectivity index (χ4n) is 3.20. The number of hydrogen-bond acceptors (Lipinski definition) is 2. The topological polar surface area (TPSA) is 32.3 Å². The molecule has 0 unspecified atom stereocenters. The van der Waals surface area contributed by atoms with Crippen molar-refractivity contribution >= 4 is 5.91 Å². The second kappa shape index (κ2) is 9.29. The fourth-order valence-corrected chi connectivity index (χ4v) is 3.20. The van der Waals surface area contributed by atoms with E-state index in [0.29, 0.717) is 12.1 Å². The summed E-state index contributed by atoms with van der Waals surface area (Å²) in [5.74, 6) is -0.449. The van der Waals surface area contributed by atoms with Gasteiger partial charge in [-0.15, -0.1) is 0 Å². The Morgan fingerprint density at radius 1 is 0.929 bits per heavy atom. The molecule has 3 nitrogen and oxygen atoms in total. The zero-order valence-electron chi connectivity index (χ0n) is 16.3. The number of rotatable bonds is 7. The molecule has 0 aliphatic carbocycles. The summed E-state index contributed by atoms with van der Waals surface area (Å²) in [6.45, 7) is 1.34. The van der Waals surface area contributed by atoms with E-state index in [1.807, 2.05) is 18.2 Å². The van der Waals surface area contributed by atoms with Crippen molar-refractivity contribution in [2.45, 2.75) is 19.5 Å². The summed E-state index contributed by atoms with van der Waals surface area (Å²) < 4.78 is 13.3. The summed E-state index contributed by atoms with van der Waals surface area (Å²) in [7, 11) is 4.10. The minimum atomic E-state index is -0.326. The highest BCUT2D eigenvalue weighted by molar-refractivity contribution is 5.79. The van der Waals surface area contributed by atoms with Crippen LogP contribution in [0.3, 0.4) is 0 Å². The molecule has 0 atom stereocenters. The van der Waals surface area contributed by atoms with Gasteiger partial charge in [-0.3, -0.25) is 4.79 Å². The van der Waals surface area contributed by atoms with Gasteiger partial charge < -0.3 is 10.2 Å². The minimum Gasteiger partial charge on any atom is -0.352 e. The van der Waals surface area contributed by atoms with Crippen molar-refractivity contribution < 1.29 is 9.18 Å². The number of nitrogens with one attached hydrogen (secondary N) is 1. The highest BCUT2D eigenvalue weighted by Gasteiger charge is 2.08. The molecule has 0 radical (unpaired) electrons. The molecule has 0 aliphatic rings. The third-order valence-corrected chi connectivity index (χ3v) is 4.51. The van der Waals surface area contributed by atoms with E-state index in [1.54, 1.807) is 12.1 Å². The zero-order chi connectivity index (χ0) is 19.9. The molecule has 1 N–H and O–H groups in total. The van der Waals surface area contributed by atoms with Gasteiger partial charge in [0.2, 0.25) is 5.91 Å². The Kier molecular flexibility index (Phi) is 6.56. The van der Waals surface area contributed by atoms with E-state index in [9.17, 15) is 9.18 Å². The lowest BCUT2D eigenvalue weighted by Gasteiger charge is -2.13. The van der Waals surface area contributed by atoms with Crippen LogP contribution in [0.15, 0.2) is 72.8 Å². The van der Waals surface area contributed by atoms with Gasteiger partial charge in [0.15, 0.2) is 0 Å². The van der Waals surface area contributed by atoms with E-state index in [2.05, 4.69) is 54.6 Å². The third-order valence-electron chi connectivity index (χ3n) is 4.51. The highest BCUT2D eigenvalue weighted by atomic mass is 19.1. The van der Waals surface area contributed by atoms with Crippen molar-refractivity contribution in [2.75, 3.05) is 14.1 Å². The van der Waals surface area contributed by atoms with Crippen molar-refractivity contribution in [3.8, 4) is 11.1 Å². The molecule has 0 heterocycles. The van der Waals surface area contributed by atoms with E-state index in [1.165, 1.54) is 17.7 Å². The smallest absolute Gasteiger partial charge is 0.224 e. The maximum atomic E-state index is 13.3. The van der Waals surface area contributed by atoms with Gasteiger partial charge in [0.25, 0.3) is 0 Å². The normalized spacial score (nSPS) is 10.9. The average Bonchev–Trinajstić information content (AvgIpc) is 2.67. The molecule has 0 bridgehead atoms. The van der Waals surface area contributed by atoms with E-state index in [4.69, 9.17) is 0 Å². The van der Waals surface area contributed by atoms with Gasteiger partial charge in [-0.2, -0.15) is 0 Å². The highest BCUT2D eigenvalue weighted by Crippen LogP contribution is 2.24. The largest absolute Gasteiger partial charge is 0.352 e. The number of benzene rings is 3. The Hall–Kier alpha value is -2.98. The average molecular weight is 376 g/mol. The van der Waals surface area contributed by atoms with Crippen molar-refractivity contribution in [2.24, 2.45) is 0 Å². The number of carbonyl (C=O) groups is 1. The Balaban J connectivity index is 1.67. The summed E-state index contributed by atoms with van der Waals surface area (Å²) in [5.41, 5.74) is 5.20. The molecule has 28 heavy (non-hydrogen) atoms. The molecule has 144 valence electrons. The Bertz CT molecular complexity index is 935. The first-order valence-corrected chi connectivity index (χ1v) is 9.34. The maximum absolute atomic E-state index is 13.3.